The highest BCUT2D eigenvalue weighted by Crippen LogP contribution is 2.17. The van der Waals surface area contributed by atoms with Gasteiger partial charge in [0.25, 0.3) is 0 Å². The molecule has 3 nitrogen and oxygen atoms in total. The van der Waals surface area contributed by atoms with Crippen LogP contribution < -0.4 is 5.32 Å². The van der Waals surface area contributed by atoms with Crippen LogP contribution in [0.5, 0.6) is 0 Å². The lowest BCUT2D eigenvalue weighted by atomic mass is 10.1. The average Bonchev–Trinajstić information content (AvgIpc) is 2.51. The van der Waals surface area contributed by atoms with E-state index in [1.807, 2.05) is 93.6 Å². The lowest BCUT2D eigenvalue weighted by Gasteiger charge is -2.22. The van der Waals surface area contributed by atoms with Crippen molar-refractivity contribution >= 4 is 12.2 Å². The van der Waals surface area contributed by atoms with Crippen molar-refractivity contribution < 1.29 is 9.53 Å². The van der Waals surface area contributed by atoms with Gasteiger partial charge in [-0.25, -0.2) is 4.79 Å². The fourth-order valence-electron chi connectivity index (χ4n) is 2.11. The summed E-state index contributed by atoms with van der Waals surface area (Å²) >= 11 is 0. The highest BCUT2D eigenvalue weighted by molar-refractivity contribution is 5.69. The molecule has 0 unspecified atom stereocenters. The molecule has 120 valence electrons. The molecule has 2 rings (SSSR count). The van der Waals surface area contributed by atoms with Crippen LogP contribution in [-0.2, 0) is 4.74 Å². The van der Waals surface area contributed by atoms with Crippen LogP contribution in [0.2, 0.25) is 0 Å². The van der Waals surface area contributed by atoms with E-state index in [0.717, 1.165) is 11.1 Å². The zero-order chi connectivity index (χ0) is 16.7. The number of nitrogens with one attached hydrogen (secondary N) is 1. The Morgan fingerprint density at radius 1 is 1.00 bits per heavy atom. The van der Waals surface area contributed by atoms with Crippen molar-refractivity contribution in [3.8, 4) is 0 Å². The van der Waals surface area contributed by atoms with Gasteiger partial charge in [0.05, 0.1) is 6.04 Å². The van der Waals surface area contributed by atoms with Crippen molar-refractivity contribution in [3.63, 3.8) is 0 Å². The van der Waals surface area contributed by atoms with Gasteiger partial charge in [-0.1, -0.05) is 72.8 Å². The minimum Gasteiger partial charge on any atom is -0.444 e. The number of alkyl carbamates (subject to hydrolysis) is 1. The van der Waals surface area contributed by atoms with Gasteiger partial charge < -0.3 is 10.1 Å². The van der Waals surface area contributed by atoms with Gasteiger partial charge in [0.1, 0.15) is 5.60 Å². The monoisotopic (exact) mass is 309 g/mol. The molecule has 0 radical (unpaired) electrons. The number of carbonyl (C=O) groups is 1. The van der Waals surface area contributed by atoms with Crippen LogP contribution in [0, 0.1) is 0 Å². The number of amides is 1. The Morgan fingerprint density at radius 3 is 2.13 bits per heavy atom. The van der Waals surface area contributed by atoms with Crippen molar-refractivity contribution in [1.82, 2.24) is 5.32 Å². The van der Waals surface area contributed by atoms with Gasteiger partial charge in [-0.15, -0.1) is 0 Å². The summed E-state index contributed by atoms with van der Waals surface area (Å²) in [6.45, 7) is 5.55. The van der Waals surface area contributed by atoms with E-state index in [1.165, 1.54) is 0 Å². The average molecular weight is 309 g/mol. The molecular formula is C20H23NO2. The van der Waals surface area contributed by atoms with E-state index in [2.05, 4.69) is 5.32 Å². The van der Waals surface area contributed by atoms with Crippen molar-refractivity contribution in [3.05, 3.63) is 77.9 Å². The fraction of sp³-hybridized carbons (Fsp3) is 0.250. The third-order valence-electron chi connectivity index (χ3n) is 3.11. The maximum atomic E-state index is 12.1. The molecule has 1 atom stereocenters. The van der Waals surface area contributed by atoms with Gasteiger partial charge in [0.2, 0.25) is 0 Å². The topological polar surface area (TPSA) is 38.3 Å². The van der Waals surface area contributed by atoms with Crippen LogP contribution in [0.25, 0.3) is 6.08 Å². The van der Waals surface area contributed by atoms with Crippen LogP contribution in [0.4, 0.5) is 4.79 Å². The summed E-state index contributed by atoms with van der Waals surface area (Å²) in [6.07, 6.45) is 3.54. The highest BCUT2D eigenvalue weighted by atomic mass is 16.6. The van der Waals surface area contributed by atoms with Gasteiger partial charge in [-0.2, -0.15) is 0 Å². The molecule has 0 fully saturated rings. The number of carbonyl (C=O) groups excluding carboxylic acids is 1. The second-order valence-electron chi connectivity index (χ2n) is 6.30. The second kappa shape index (κ2) is 7.63. The Labute approximate surface area is 138 Å². The van der Waals surface area contributed by atoms with Crippen molar-refractivity contribution in [1.29, 1.82) is 0 Å². The maximum absolute atomic E-state index is 12.1. The molecule has 0 spiro atoms. The Hall–Kier alpha value is -2.55. The molecule has 0 aliphatic heterocycles. The number of hydrogen-bond donors (Lipinski definition) is 1. The minimum atomic E-state index is -0.519. The first-order chi connectivity index (χ1) is 10.9. The van der Waals surface area contributed by atoms with Crippen LogP contribution in [0.3, 0.4) is 0 Å². The van der Waals surface area contributed by atoms with E-state index in [-0.39, 0.29) is 6.04 Å². The lowest BCUT2D eigenvalue weighted by molar-refractivity contribution is 0.0514. The van der Waals surface area contributed by atoms with Crippen LogP contribution in [-0.4, -0.2) is 11.7 Å². The van der Waals surface area contributed by atoms with Crippen molar-refractivity contribution in [2.75, 3.05) is 0 Å². The molecule has 1 N–H and O–H groups in total. The molecule has 0 aliphatic rings. The molecule has 0 saturated heterocycles. The summed E-state index contributed by atoms with van der Waals surface area (Å²) in [5.41, 5.74) is 1.57. The second-order valence-corrected chi connectivity index (χ2v) is 6.30. The van der Waals surface area contributed by atoms with E-state index in [1.54, 1.807) is 0 Å². The zero-order valence-electron chi connectivity index (χ0n) is 13.8. The molecule has 2 aromatic rings. The first-order valence-electron chi connectivity index (χ1n) is 7.72. The minimum absolute atomic E-state index is 0.244. The Kier molecular flexibility index (Phi) is 5.58. The summed E-state index contributed by atoms with van der Waals surface area (Å²) in [7, 11) is 0. The summed E-state index contributed by atoms with van der Waals surface area (Å²) in [5, 5.41) is 2.91. The van der Waals surface area contributed by atoms with Crippen molar-refractivity contribution in [2.45, 2.75) is 32.4 Å². The van der Waals surface area contributed by atoms with Gasteiger partial charge in [-0.3, -0.25) is 0 Å². The quantitative estimate of drug-likeness (QED) is 0.866. The predicted molar refractivity (Wildman–Crippen MR) is 94.0 cm³/mol. The van der Waals surface area contributed by atoms with E-state index in [9.17, 15) is 4.79 Å². The van der Waals surface area contributed by atoms with E-state index < -0.39 is 11.7 Å². The molecule has 0 aliphatic carbocycles. The van der Waals surface area contributed by atoms with Crippen LogP contribution in [0.15, 0.2) is 66.7 Å². The Balaban J connectivity index is 2.16. The lowest BCUT2D eigenvalue weighted by Crippen LogP contribution is -2.34. The van der Waals surface area contributed by atoms with E-state index in [0.29, 0.717) is 0 Å². The van der Waals surface area contributed by atoms with E-state index >= 15 is 0 Å². The molecule has 23 heavy (non-hydrogen) atoms. The highest BCUT2D eigenvalue weighted by Gasteiger charge is 2.19. The molecule has 0 saturated carbocycles. The van der Waals surface area contributed by atoms with Gasteiger partial charge in [0, 0.05) is 0 Å². The number of hydrogen-bond acceptors (Lipinski definition) is 2. The SMILES string of the molecule is CC(C)(C)OC(=O)N[C@H](/C=C/c1ccccc1)c1ccccc1. The number of benzene rings is 2. The van der Waals surface area contributed by atoms with Crippen molar-refractivity contribution in [2.24, 2.45) is 0 Å². The fourth-order valence-corrected chi connectivity index (χ4v) is 2.11. The van der Waals surface area contributed by atoms with Gasteiger partial charge >= 0.3 is 6.09 Å². The smallest absolute Gasteiger partial charge is 0.408 e. The summed E-state index contributed by atoms with van der Waals surface area (Å²) in [6, 6.07) is 19.6. The van der Waals surface area contributed by atoms with Crippen LogP contribution >= 0.6 is 0 Å². The standard InChI is InChI=1S/C20H23NO2/c1-20(2,3)23-19(22)21-18(17-12-8-5-9-13-17)15-14-16-10-6-4-7-11-16/h4-15,18H,1-3H3,(H,21,22)/b15-14+/t18-/m1/s1. The predicted octanol–water partition coefficient (Wildman–Crippen LogP) is 4.97. The third kappa shape index (κ3) is 5.99. The van der Waals surface area contributed by atoms with Crippen LogP contribution in [0.1, 0.15) is 37.9 Å². The summed E-state index contributed by atoms with van der Waals surface area (Å²) in [4.78, 5) is 12.1. The Morgan fingerprint density at radius 2 is 1.57 bits per heavy atom. The first kappa shape index (κ1) is 16.8. The molecular weight excluding hydrogens is 286 g/mol. The van der Waals surface area contributed by atoms with Gasteiger partial charge in [0.15, 0.2) is 0 Å². The zero-order valence-corrected chi connectivity index (χ0v) is 13.8. The Bertz CT molecular complexity index is 642. The van der Waals surface area contributed by atoms with E-state index in [4.69, 9.17) is 4.74 Å². The number of rotatable bonds is 4. The summed E-state index contributed by atoms with van der Waals surface area (Å²) < 4.78 is 5.36. The molecule has 0 bridgehead atoms. The van der Waals surface area contributed by atoms with Gasteiger partial charge in [-0.05, 0) is 31.9 Å². The maximum Gasteiger partial charge on any atom is 0.408 e. The molecule has 0 aromatic heterocycles. The largest absolute Gasteiger partial charge is 0.444 e. The number of ether oxygens (including phenoxy) is 1. The normalized spacial score (nSPS) is 12.8. The molecule has 0 heterocycles. The first-order valence-corrected chi connectivity index (χ1v) is 7.72. The third-order valence-corrected chi connectivity index (χ3v) is 3.11. The molecule has 2 aromatic carbocycles. The molecule has 1 amide bonds. The molecule has 3 heteroatoms. The summed E-state index contributed by atoms with van der Waals surface area (Å²) in [5.74, 6) is 0.